The molecule has 1 saturated heterocycles. The fourth-order valence-corrected chi connectivity index (χ4v) is 3.53. The Morgan fingerprint density at radius 2 is 1.85 bits per heavy atom. The predicted octanol–water partition coefficient (Wildman–Crippen LogP) is 2.19. The monoisotopic (exact) mass is 416 g/mol. The molecule has 0 aromatic heterocycles. The maximum absolute atomic E-state index is 12.7. The molecule has 2 aromatic carbocycles. The number of allylic oxidation sites excluding steroid dienone is 1. The normalized spacial score (nSPS) is 18.8. The fourth-order valence-electron chi connectivity index (χ4n) is 3.26. The van der Waals surface area contributed by atoms with E-state index >= 15 is 0 Å². The third-order valence-electron chi connectivity index (χ3n) is 4.71. The highest BCUT2D eigenvalue weighted by Gasteiger charge is 2.32. The van der Waals surface area contributed by atoms with Gasteiger partial charge in [0.15, 0.2) is 11.5 Å². The van der Waals surface area contributed by atoms with E-state index in [1.807, 2.05) is 24.3 Å². The SMILES string of the molecule is O=C1/C(=C\c2ccc(Br)cc2)Oc2c1ccc(O)c2C[NH+]1CCOCC1. The second-order valence-corrected chi connectivity index (χ2v) is 7.39. The van der Waals surface area contributed by atoms with Gasteiger partial charge < -0.3 is 19.5 Å². The molecule has 0 bridgehead atoms. The first-order chi connectivity index (χ1) is 12.6. The first kappa shape index (κ1) is 17.3. The van der Waals surface area contributed by atoms with Crippen molar-refractivity contribution in [3.63, 3.8) is 0 Å². The molecule has 4 rings (SSSR count). The third kappa shape index (κ3) is 3.40. The Labute approximate surface area is 160 Å². The van der Waals surface area contributed by atoms with Gasteiger partial charge in [-0.15, -0.1) is 0 Å². The molecule has 0 spiro atoms. The van der Waals surface area contributed by atoms with Crippen LogP contribution in [0.5, 0.6) is 11.5 Å². The Morgan fingerprint density at radius 1 is 1.12 bits per heavy atom. The van der Waals surface area contributed by atoms with Crippen LogP contribution in [0.1, 0.15) is 21.5 Å². The van der Waals surface area contributed by atoms with Crippen LogP contribution in [0.3, 0.4) is 0 Å². The van der Waals surface area contributed by atoms with Crippen molar-refractivity contribution in [3.05, 3.63) is 63.3 Å². The Kier molecular flexibility index (Phi) is 4.80. The highest BCUT2D eigenvalue weighted by Crippen LogP contribution is 2.39. The van der Waals surface area contributed by atoms with Crippen LogP contribution in [0, 0.1) is 0 Å². The Hall–Kier alpha value is -2.15. The summed E-state index contributed by atoms with van der Waals surface area (Å²) in [5, 5.41) is 10.3. The van der Waals surface area contributed by atoms with Crippen LogP contribution in [0.15, 0.2) is 46.6 Å². The number of benzene rings is 2. The van der Waals surface area contributed by atoms with E-state index in [4.69, 9.17) is 9.47 Å². The van der Waals surface area contributed by atoms with Gasteiger partial charge in [0.05, 0.1) is 24.3 Å². The summed E-state index contributed by atoms with van der Waals surface area (Å²) < 4.78 is 12.3. The van der Waals surface area contributed by atoms with E-state index in [1.54, 1.807) is 18.2 Å². The molecular formula is C20H19BrNO4+. The summed E-state index contributed by atoms with van der Waals surface area (Å²) in [7, 11) is 0. The number of carbonyl (C=O) groups is 1. The van der Waals surface area contributed by atoms with E-state index in [1.165, 1.54) is 4.90 Å². The first-order valence-corrected chi connectivity index (χ1v) is 9.37. The van der Waals surface area contributed by atoms with Crippen LogP contribution in [0.2, 0.25) is 0 Å². The summed E-state index contributed by atoms with van der Waals surface area (Å²) in [4.78, 5) is 14.0. The Morgan fingerprint density at radius 3 is 2.58 bits per heavy atom. The predicted molar refractivity (Wildman–Crippen MR) is 100 cm³/mol. The average molecular weight is 417 g/mol. The fraction of sp³-hybridized carbons (Fsp3) is 0.250. The van der Waals surface area contributed by atoms with E-state index in [0.29, 0.717) is 36.6 Å². The summed E-state index contributed by atoms with van der Waals surface area (Å²) in [6.45, 7) is 3.77. The van der Waals surface area contributed by atoms with Gasteiger partial charge in [-0.2, -0.15) is 0 Å². The summed E-state index contributed by atoms with van der Waals surface area (Å²) in [6.07, 6.45) is 1.73. The highest BCUT2D eigenvalue weighted by atomic mass is 79.9. The number of carbonyl (C=O) groups excluding carboxylic acids is 1. The molecule has 26 heavy (non-hydrogen) atoms. The standard InChI is InChI=1S/C20H18BrNO4/c21-14-3-1-13(2-4-14)11-18-19(24)15-5-6-17(23)16(20(15)26-18)12-22-7-9-25-10-8-22/h1-6,11,23H,7-10,12H2/p+1/b18-11+. The largest absolute Gasteiger partial charge is 0.507 e. The van der Waals surface area contributed by atoms with E-state index in [2.05, 4.69) is 15.9 Å². The number of hydrogen-bond acceptors (Lipinski definition) is 4. The van der Waals surface area contributed by atoms with Gasteiger partial charge in [0, 0.05) is 4.47 Å². The molecule has 2 aliphatic heterocycles. The van der Waals surface area contributed by atoms with Crippen molar-refractivity contribution in [1.82, 2.24) is 0 Å². The maximum Gasteiger partial charge on any atom is 0.231 e. The molecule has 0 amide bonds. The lowest BCUT2D eigenvalue weighted by molar-refractivity contribution is -0.921. The van der Waals surface area contributed by atoms with E-state index in [-0.39, 0.29) is 17.3 Å². The summed E-state index contributed by atoms with van der Waals surface area (Å²) in [6, 6.07) is 10.9. The van der Waals surface area contributed by atoms with Crippen LogP contribution in [0.25, 0.3) is 6.08 Å². The molecule has 2 aromatic rings. The Bertz CT molecular complexity index is 870. The molecule has 6 heteroatoms. The van der Waals surface area contributed by atoms with Crippen LogP contribution in [-0.2, 0) is 11.3 Å². The third-order valence-corrected chi connectivity index (χ3v) is 5.24. The smallest absolute Gasteiger partial charge is 0.231 e. The zero-order chi connectivity index (χ0) is 18.1. The zero-order valence-corrected chi connectivity index (χ0v) is 15.7. The maximum atomic E-state index is 12.7. The van der Waals surface area contributed by atoms with Gasteiger partial charge in [0.2, 0.25) is 5.78 Å². The Balaban J connectivity index is 1.64. The number of phenolic OH excluding ortho intramolecular Hbond substituents is 1. The van der Waals surface area contributed by atoms with Gasteiger partial charge in [-0.05, 0) is 35.9 Å². The number of nitrogens with one attached hydrogen (secondary N) is 1. The topological polar surface area (TPSA) is 60.2 Å². The minimum absolute atomic E-state index is 0.152. The van der Waals surface area contributed by atoms with Gasteiger partial charge in [-0.25, -0.2) is 0 Å². The van der Waals surface area contributed by atoms with Gasteiger partial charge in [0.1, 0.15) is 25.4 Å². The van der Waals surface area contributed by atoms with Crippen LogP contribution in [0.4, 0.5) is 0 Å². The minimum atomic E-state index is -0.152. The lowest BCUT2D eigenvalue weighted by Crippen LogP contribution is -3.12. The van der Waals surface area contributed by atoms with Crippen LogP contribution >= 0.6 is 15.9 Å². The molecule has 2 N–H and O–H groups in total. The van der Waals surface area contributed by atoms with Gasteiger partial charge >= 0.3 is 0 Å². The van der Waals surface area contributed by atoms with Crippen molar-refractivity contribution in [2.24, 2.45) is 0 Å². The molecule has 0 radical (unpaired) electrons. The quantitative estimate of drug-likeness (QED) is 0.752. The molecule has 0 saturated carbocycles. The average Bonchev–Trinajstić information content (AvgIpc) is 2.96. The van der Waals surface area contributed by atoms with Crippen molar-refractivity contribution in [3.8, 4) is 11.5 Å². The first-order valence-electron chi connectivity index (χ1n) is 8.58. The molecule has 0 aliphatic carbocycles. The number of hydrogen-bond donors (Lipinski definition) is 2. The molecule has 2 heterocycles. The second kappa shape index (κ2) is 7.23. The zero-order valence-electron chi connectivity index (χ0n) is 14.1. The highest BCUT2D eigenvalue weighted by molar-refractivity contribution is 9.10. The number of Topliss-reactive ketones (excluding diaryl/α,β-unsaturated/α-hetero) is 1. The molecule has 0 unspecified atom stereocenters. The lowest BCUT2D eigenvalue weighted by atomic mass is 10.0. The van der Waals surface area contributed by atoms with E-state index in [0.717, 1.165) is 23.1 Å². The number of rotatable bonds is 3. The van der Waals surface area contributed by atoms with Gasteiger partial charge in [-0.1, -0.05) is 28.1 Å². The molecular weight excluding hydrogens is 398 g/mol. The molecule has 134 valence electrons. The second-order valence-electron chi connectivity index (χ2n) is 6.47. The summed E-state index contributed by atoms with van der Waals surface area (Å²) in [5.74, 6) is 0.782. The number of morpholine rings is 1. The number of fused-ring (bicyclic) bond motifs is 1. The molecule has 0 atom stereocenters. The minimum Gasteiger partial charge on any atom is -0.507 e. The van der Waals surface area contributed by atoms with Crippen molar-refractivity contribution >= 4 is 27.8 Å². The van der Waals surface area contributed by atoms with Crippen LogP contribution in [-0.4, -0.2) is 37.2 Å². The number of halogens is 1. The number of phenols is 1. The number of ether oxygens (including phenoxy) is 2. The summed E-state index contributed by atoms with van der Waals surface area (Å²) in [5.41, 5.74) is 2.08. The summed E-state index contributed by atoms with van der Waals surface area (Å²) >= 11 is 3.40. The van der Waals surface area contributed by atoms with Crippen molar-refractivity contribution in [1.29, 1.82) is 0 Å². The van der Waals surface area contributed by atoms with Crippen molar-refractivity contribution < 1.29 is 24.3 Å². The number of quaternary nitrogens is 1. The van der Waals surface area contributed by atoms with Gasteiger partial charge in [-0.3, -0.25) is 4.79 Å². The van der Waals surface area contributed by atoms with Crippen molar-refractivity contribution in [2.75, 3.05) is 26.3 Å². The molecule has 1 fully saturated rings. The number of aromatic hydroxyl groups is 1. The number of ketones is 1. The molecule has 2 aliphatic rings. The van der Waals surface area contributed by atoms with Crippen LogP contribution < -0.4 is 9.64 Å². The van der Waals surface area contributed by atoms with Crippen molar-refractivity contribution in [2.45, 2.75) is 6.54 Å². The van der Waals surface area contributed by atoms with E-state index in [9.17, 15) is 9.90 Å². The lowest BCUT2D eigenvalue weighted by Gasteiger charge is -2.24. The van der Waals surface area contributed by atoms with Gasteiger partial charge in [0.25, 0.3) is 0 Å². The van der Waals surface area contributed by atoms with E-state index < -0.39 is 0 Å². The molecule has 5 nitrogen and oxygen atoms in total.